The largest absolute Gasteiger partial charge is 0.489 e. The molecule has 3 aromatic rings. The molecule has 1 saturated heterocycles. The molecule has 1 aliphatic heterocycles. The van der Waals surface area contributed by atoms with Gasteiger partial charge in [-0.15, -0.1) is 5.10 Å². The molecule has 2 fully saturated rings. The molecule has 1 aliphatic carbocycles. The van der Waals surface area contributed by atoms with Gasteiger partial charge in [-0.3, -0.25) is 9.48 Å². The molecular weight excluding hydrogens is 550 g/mol. The van der Waals surface area contributed by atoms with Crippen LogP contribution in [0, 0.1) is 28.6 Å². The molecule has 0 aromatic carbocycles. The van der Waals surface area contributed by atoms with Crippen LogP contribution in [0.1, 0.15) is 63.0 Å². The van der Waals surface area contributed by atoms with E-state index in [-0.39, 0.29) is 30.3 Å². The number of nitrogens with one attached hydrogen (secondary N) is 1. The van der Waals surface area contributed by atoms with Gasteiger partial charge in [0.15, 0.2) is 11.6 Å². The highest BCUT2D eigenvalue weighted by Crippen LogP contribution is 2.44. The highest BCUT2D eigenvalue weighted by Gasteiger charge is 2.44. The summed E-state index contributed by atoms with van der Waals surface area (Å²) in [7, 11) is 1.80. The number of carbonyl (C=O) groups is 1. The van der Waals surface area contributed by atoms with Crippen molar-refractivity contribution in [3.63, 3.8) is 0 Å². The van der Waals surface area contributed by atoms with Gasteiger partial charge >= 0.3 is 6.01 Å². The molecule has 0 bridgehead atoms. The number of piperidine rings is 1. The van der Waals surface area contributed by atoms with E-state index in [0.29, 0.717) is 55.4 Å². The van der Waals surface area contributed by atoms with Crippen LogP contribution in [0.2, 0.25) is 0 Å². The Labute approximate surface area is 251 Å². The third-order valence-electron chi connectivity index (χ3n) is 8.15. The molecule has 3 aromatic heterocycles. The van der Waals surface area contributed by atoms with E-state index in [1.807, 2.05) is 11.0 Å². The van der Waals surface area contributed by atoms with Crippen molar-refractivity contribution in [3.8, 4) is 29.1 Å². The summed E-state index contributed by atoms with van der Waals surface area (Å²) in [5, 5.41) is 20.5. The Hall–Kier alpha value is -4.54. The molecule has 5 rings (SSSR count). The van der Waals surface area contributed by atoms with E-state index in [1.165, 1.54) is 0 Å². The Morgan fingerprint density at radius 1 is 1.26 bits per heavy atom. The number of nitrogens with two attached hydrogens (primary N) is 1. The van der Waals surface area contributed by atoms with Crippen LogP contribution in [0.25, 0.3) is 11.3 Å². The van der Waals surface area contributed by atoms with Crippen molar-refractivity contribution >= 4 is 17.7 Å². The number of carbonyl (C=O) groups excluding carboxylic acids is 1. The van der Waals surface area contributed by atoms with Gasteiger partial charge in [0, 0.05) is 38.4 Å². The number of aromatic nitrogens is 7. The summed E-state index contributed by atoms with van der Waals surface area (Å²) in [5.74, 6) is 1.67. The average molecular weight is 590 g/mol. The molecule has 4 heterocycles. The molecule has 1 amide bonds. The first kappa shape index (κ1) is 29.9. The van der Waals surface area contributed by atoms with E-state index < -0.39 is 5.41 Å². The lowest BCUT2D eigenvalue weighted by molar-refractivity contribution is 0.0938. The minimum absolute atomic E-state index is 0.0161. The second-order valence-electron chi connectivity index (χ2n) is 11.6. The average Bonchev–Trinajstić information content (AvgIpc) is 3.69. The van der Waals surface area contributed by atoms with E-state index in [4.69, 9.17) is 15.2 Å². The summed E-state index contributed by atoms with van der Waals surface area (Å²) in [6, 6.07) is 4.21. The first-order chi connectivity index (χ1) is 20.8. The predicted octanol–water partition coefficient (Wildman–Crippen LogP) is 2.79. The van der Waals surface area contributed by atoms with Gasteiger partial charge in [0.1, 0.15) is 12.3 Å². The lowest BCUT2D eigenvalue weighted by Gasteiger charge is -2.32. The van der Waals surface area contributed by atoms with Crippen molar-refractivity contribution in [2.45, 2.75) is 52.4 Å². The Balaban J connectivity index is 1.21. The maximum Gasteiger partial charge on any atom is 0.322 e. The van der Waals surface area contributed by atoms with Gasteiger partial charge in [0.25, 0.3) is 5.91 Å². The maximum absolute atomic E-state index is 13.0. The van der Waals surface area contributed by atoms with Crippen LogP contribution in [0.15, 0.2) is 18.5 Å². The van der Waals surface area contributed by atoms with Crippen LogP contribution in [0.5, 0.6) is 11.8 Å². The fourth-order valence-corrected chi connectivity index (χ4v) is 4.71. The summed E-state index contributed by atoms with van der Waals surface area (Å²) >= 11 is 0. The number of hydrogen-bond donors (Lipinski definition) is 2. The molecule has 0 radical (unpaired) electrons. The second-order valence-corrected chi connectivity index (χ2v) is 11.6. The van der Waals surface area contributed by atoms with Crippen molar-refractivity contribution in [2.24, 2.45) is 24.3 Å². The summed E-state index contributed by atoms with van der Waals surface area (Å²) in [5.41, 5.74) is 7.07. The van der Waals surface area contributed by atoms with E-state index in [0.717, 1.165) is 44.1 Å². The molecule has 228 valence electrons. The SMILES string of the molecule is CCC(C)CCNC(=O)c1nc(OCC2(C#N)CC2)nc(N2CCC(COc3cc(-c4cn(C)nn4)cnc3N)CC2)n1. The maximum atomic E-state index is 13.0. The molecule has 1 unspecified atom stereocenters. The first-order valence-corrected chi connectivity index (χ1v) is 14.9. The molecule has 0 spiro atoms. The van der Waals surface area contributed by atoms with Crippen LogP contribution in [0.4, 0.5) is 11.8 Å². The summed E-state index contributed by atoms with van der Waals surface area (Å²) in [4.78, 5) is 32.6. The Morgan fingerprint density at radius 3 is 2.72 bits per heavy atom. The Morgan fingerprint density at radius 2 is 2.05 bits per heavy atom. The van der Waals surface area contributed by atoms with Crippen LogP contribution >= 0.6 is 0 Å². The lowest BCUT2D eigenvalue weighted by Crippen LogP contribution is -2.37. The standard InChI is InChI=1S/C29H39N11O3/c1-4-19(2)5-10-32-26(41)25-34-27(36-28(35-25)43-18-29(17-30)8-9-29)40-11-6-20(7-12-40)16-42-23-13-21(14-33-24(23)31)22-15-39(3)38-37-22/h13-15,19-20H,4-12,16,18H2,1-3H3,(H2,31,33)(H,32,41). The van der Waals surface area contributed by atoms with Gasteiger partial charge in [-0.1, -0.05) is 25.5 Å². The smallest absolute Gasteiger partial charge is 0.322 e. The normalized spacial score (nSPS) is 16.7. The Kier molecular flexibility index (Phi) is 9.18. The molecule has 3 N–H and O–H groups in total. The quantitative estimate of drug-likeness (QED) is 0.298. The fraction of sp³-hybridized carbons (Fsp3) is 0.586. The van der Waals surface area contributed by atoms with Crippen molar-refractivity contribution in [1.82, 2.24) is 40.2 Å². The number of amides is 1. The topological polar surface area (TPSA) is 183 Å². The van der Waals surface area contributed by atoms with E-state index in [9.17, 15) is 10.1 Å². The highest BCUT2D eigenvalue weighted by atomic mass is 16.5. The lowest BCUT2D eigenvalue weighted by atomic mass is 9.98. The minimum Gasteiger partial charge on any atom is -0.489 e. The highest BCUT2D eigenvalue weighted by molar-refractivity contribution is 5.90. The number of anilines is 2. The fourth-order valence-electron chi connectivity index (χ4n) is 4.71. The number of hydrogen-bond acceptors (Lipinski definition) is 12. The monoisotopic (exact) mass is 589 g/mol. The van der Waals surface area contributed by atoms with Crippen molar-refractivity contribution in [2.75, 3.05) is 43.5 Å². The third kappa shape index (κ3) is 7.65. The third-order valence-corrected chi connectivity index (χ3v) is 8.15. The summed E-state index contributed by atoms with van der Waals surface area (Å²) < 4.78 is 13.6. The number of pyridine rings is 1. The number of aryl methyl sites for hydroxylation is 1. The number of ether oxygens (including phenoxy) is 2. The van der Waals surface area contributed by atoms with Crippen molar-refractivity contribution < 1.29 is 14.3 Å². The summed E-state index contributed by atoms with van der Waals surface area (Å²) in [6.07, 6.45) is 8.60. The van der Waals surface area contributed by atoms with E-state index in [2.05, 4.69) is 55.5 Å². The molecule has 43 heavy (non-hydrogen) atoms. The van der Waals surface area contributed by atoms with Crippen LogP contribution < -0.4 is 25.4 Å². The van der Waals surface area contributed by atoms with Gasteiger partial charge < -0.3 is 25.4 Å². The first-order valence-electron chi connectivity index (χ1n) is 14.9. The summed E-state index contributed by atoms with van der Waals surface area (Å²) in [6.45, 7) is 6.83. The number of nitrogens with zero attached hydrogens (tertiary/aromatic N) is 9. The Bertz CT molecular complexity index is 1460. The number of nitriles is 1. The zero-order chi connectivity index (χ0) is 30.4. The van der Waals surface area contributed by atoms with Crippen LogP contribution in [-0.2, 0) is 7.05 Å². The van der Waals surface area contributed by atoms with E-state index in [1.54, 1.807) is 24.1 Å². The minimum atomic E-state index is -0.489. The predicted molar refractivity (Wildman–Crippen MR) is 158 cm³/mol. The van der Waals surface area contributed by atoms with Crippen LogP contribution in [-0.4, -0.2) is 73.7 Å². The van der Waals surface area contributed by atoms with Gasteiger partial charge in [-0.05, 0) is 50.0 Å². The number of nitrogen functional groups attached to an aromatic ring is 1. The van der Waals surface area contributed by atoms with Gasteiger partial charge in [-0.25, -0.2) is 4.98 Å². The zero-order valence-electron chi connectivity index (χ0n) is 25.0. The van der Waals surface area contributed by atoms with Gasteiger partial charge in [0.2, 0.25) is 11.8 Å². The van der Waals surface area contributed by atoms with Crippen molar-refractivity contribution in [3.05, 3.63) is 24.3 Å². The molecule has 14 nitrogen and oxygen atoms in total. The molecular formula is C29H39N11O3. The van der Waals surface area contributed by atoms with E-state index >= 15 is 0 Å². The van der Waals surface area contributed by atoms with Gasteiger partial charge in [-0.2, -0.15) is 20.2 Å². The molecule has 1 saturated carbocycles. The molecule has 1 atom stereocenters. The zero-order valence-corrected chi connectivity index (χ0v) is 25.0. The molecule has 2 aliphatic rings. The number of rotatable bonds is 13. The second kappa shape index (κ2) is 13.2. The van der Waals surface area contributed by atoms with Crippen molar-refractivity contribution in [1.29, 1.82) is 5.26 Å². The van der Waals surface area contributed by atoms with Crippen LogP contribution in [0.3, 0.4) is 0 Å². The van der Waals surface area contributed by atoms with Gasteiger partial charge in [0.05, 0.1) is 24.3 Å². The molecule has 14 heteroatoms.